The van der Waals surface area contributed by atoms with Crippen LogP contribution >= 0.6 is 10.0 Å². The van der Waals surface area contributed by atoms with Gasteiger partial charge in [0.1, 0.15) is 0 Å². The van der Waals surface area contributed by atoms with Gasteiger partial charge in [0.15, 0.2) is 0 Å². The largest absolute Gasteiger partial charge is 0.325 e. The third-order valence-electron chi connectivity index (χ3n) is 3.84. The van der Waals surface area contributed by atoms with Crippen molar-refractivity contribution < 1.29 is 0 Å². The Morgan fingerprint density at radius 2 is 1.65 bits per heavy atom. The molecule has 0 aliphatic heterocycles. The van der Waals surface area contributed by atoms with E-state index in [1.807, 2.05) is 0 Å². The van der Waals surface area contributed by atoms with Gasteiger partial charge in [0.25, 0.3) is 0 Å². The third kappa shape index (κ3) is 3.49. The van der Waals surface area contributed by atoms with Crippen LogP contribution in [-0.2, 0) is 0 Å². The Balaban J connectivity index is 2.96. The molecular formula is C15H27NS. The summed E-state index contributed by atoms with van der Waals surface area (Å²) < 4.78 is 0. The molecule has 0 radical (unpaired) electrons. The molecule has 1 nitrogen and oxygen atoms in total. The minimum atomic E-state index is -0.618. The van der Waals surface area contributed by atoms with Crippen LogP contribution in [0.15, 0.2) is 29.2 Å². The Bertz CT molecular complexity index is 360. The molecule has 2 atom stereocenters. The van der Waals surface area contributed by atoms with Crippen molar-refractivity contribution >= 4 is 10.0 Å². The first kappa shape index (κ1) is 14.6. The quantitative estimate of drug-likeness (QED) is 0.863. The van der Waals surface area contributed by atoms with E-state index in [-0.39, 0.29) is 5.54 Å². The van der Waals surface area contributed by atoms with Crippen LogP contribution in [0.2, 0.25) is 0 Å². The van der Waals surface area contributed by atoms with Gasteiger partial charge in [-0.2, -0.15) is 0 Å². The van der Waals surface area contributed by atoms with Gasteiger partial charge in [0.05, 0.1) is 0 Å². The molecule has 0 spiro atoms. The second kappa shape index (κ2) is 5.03. The van der Waals surface area contributed by atoms with Gasteiger partial charge >= 0.3 is 0 Å². The minimum absolute atomic E-state index is 0.115. The highest BCUT2D eigenvalue weighted by molar-refractivity contribution is 8.32. The molecule has 0 aliphatic rings. The zero-order chi connectivity index (χ0) is 13.3. The molecule has 2 unspecified atom stereocenters. The monoisotopic (exact) mass is 253 g/mol. The lowest BCUT2D eigenvalue weighted by atomic mass is 9.81. The lowest BCUT2D eigenvalue weighted by Crippen LogP contribution is -2.40. The molecule has 0 saturated heterocycles. The van der Waals surface area contributed by atoms with Crippen molar-refractivity contribution in [2.45, 2.75) is 43.5 Å². The Labute approximate surface area is 108 Å². The number of rotatable bonds is 4. The molecule has 0 bridgehead atoms. The molecule has 2 N–H and O–H groups in total. The van der Waals surface area contributed by atoms with E-state index >= 15 is 0 Å². The van der Waals surface area contributed by atoms with Crippen LogP contribution in [0.3, 0.4) is 0 Å². The second-order valence-electron chi connectivity index (χ2n) is 5.99. The van der Waals surface area contributed by atoms with Crippen molar-refractivity contribution in [3.63, 3.8) is 0 Å². The molecule has 0 fully saturated rings. The van der Waals surface area contributed by atoms with Crippen LogP contribution < -0.4 is 5.73 Å². The topological polar surface area (TPSA) is 26.0 Å². The molecule has 1 aromatic rings. The molecule has 0 amide bonds. The average Bonchev–Trinajstić information content (AvgIpc) is 2.27. The predicted octanol–water partition coefficient (Wildman–Crippen LogP) is 3.97. The summed E-state index contributed by atoms with van der Waals surface area (Å²) in [6, 6.07) is 9.04. The summed E-state index contributed by atoms with van der Waals surface area (Å²) in [5.41, 5.74) is 7.56. The van der Waals surface area contributed by atoms with Crippen molar-refractivity contribution in [1.29, 1.82) is 0 Å². The highest BCUT2D eigenvalue weighted by atomic mass is 32.3. The van der Waals surface area contributed by atoms with Gasteiger partial charge in [-0.15, -0.1) is 0 Å². The lowest BCUT2D eigenvalue weighted by Gasteiger charge is -2.32. The SMILES string of the molecule is CCC(C)(N)C(C)c1ccc(S(C)(C)C)cc1. The third-order valence-corrected chi connectivity index (χ3v) is 5.52. The Hall–Kier alpha value is -0.470. The van der Waals surface area contributed by atoms with Crippen molar-refractivity contribution in [3.05, 3.63) is 29.8 Å². The molecule has 98 valence electrons. The summed E-state index contributed by atoms with van der Waals surface area (Å²) in [4.78, 5) is 1.46. The molecular weight excluding hydrogens is 226 g/mol. The predicted molar refractivity (Wildman–Crippen MR) is 81.4 cm³/mol. The van der Waals surface area contributed by atoms with Gasteiger partial charge in [-0.1, -0.05) is 26.0 Å². The van der Waals surface area contributed by atoms with E-state index in [4.69, 9.17) is 5.73 Å². The van der Waals surface area contributed by atoms with Crippen LogP contribution in [0.5, 0.6) is 0 Å². The van der Waals surface area contributed by atoms with E-state index in [9.17, 15) is 0 Å². The smallest absolute Gasteiger partial charge is 0.0189 e. The minimum Gasteiger partial charge on any atom is -0.325 e. The Morgan fingerprint density at radius 1 is 1.18 bits per heavy atom. The summed E-state index contributed by atoms with van der Waals surface area (Å²) in [6.07, 6.45) is 7.97. The average molecular weight is 253 g/mol. The maximum Gasteiger partial charge on any atom is 0.0189 e. The van der Waals surface area contributed by atoms with E-state index in [0.717, 1.165) is 6.42 Å². The van der Waals surface area contributed by atoms with E-state index in [1.54, 1.807) is 0 Å². The van der Waals surface area contributed by atoms with Crippen molar-refractivity contribution in [3.8, 4) is 0 Å². The summed E-state index contributed by atoms with van der Waals surface area (Å²) in [7, 11) is -0.618. The van der Waals surface area contributed by atoms with Crippen LogP contribution in [-0.4, -0.2) is 24.3 Å². The summed E-state index contributed by atoms with van der Waals surface area (Å²) >= 11 is 0. The fourth-order valence-corrected chi connectivity index (χ4v) is 2.80. The maximum atomic E-state index is 6.32. The molecule has 0 aliphatic carbocycles. The van der Waals surface area contributed by atoms with Crippen LogP contribution in [0, 0.1) is 0 Å². The van der Waals surface area contributed by atoms with Crippen molar-refractivity contribution in [1.82, 2.24) is 0 Å². The van der Waals surface area contributed by atoms with Crippen LogP contribution in [0.1, 0.15) is 38.7 Å². The van der Waals surface area contributed by atoms with Gasteiger partial charge in [0, 0.05) is 5.54 Å². The normalized spacial score (nSPS) is 18.5. The zero-order valence-corrected chi connectivity index (χ0v) is 12.9. The highest BCUT2D eigenvalue weighted by Gasteiger charge is 2.25. The highest BCUT2D eigenvalue weighted by Crippen LogP contribution is 2.45. The fourth-order valence-electron chi connectivity index (χ4n) is 1.85. The van der Waals surface area contributed by atoms with Crippen molar-refractivity contribution in [2.24, 2.45) is 5.73 Å². The van der Waals surface area contributed by atoms with Crippen LogP contribution in [0.25, 0.3) is 0 Å². The molecule has 1 aromatic carbocycles. The molecule has 0 heterocycles. The second-order valence-corrected chi connectivity index (χ2v) is 10.1. The number of hydrogen-bond donors (Lipinski definition) is 1. The number of benzene rings is 1. The summed E-state index contributed by atoms with van der Waals surface area (Å²) in [6.45, 7) is 6.52. The molecule has 0 aromatic heterocycles. The van der Waals surface area contributed by atoms with Gasteiger partial charge in [0.2, 0.25) is 0 Å². The molecule has 1 rings (SSSR count). The van der Waals surface area contributed by atoms with Gasteiger partial charge < -0.3 is 5.73 Å². The first-order valence-corrected chi connectivity index (χ1v) is 9.11. The van der Waals surface area contributed by atoms with E-state index in [2.05, 4.69) is 63.8 Å². The van der Waals surface area contributed by atoms with Crippen LogP contribution in [0.4, 0.5) is 0 Å². The number of nitrogens with two attached hydrogens (primary N) is 1. The lowest BCUT2D eigenvalue weighted by molar-refractivity contribution is 0.383. The Morgan fingerprint density at radius 3 is 2.00 bits per heavy atom. The summed E-state index contributed by atoms with van der Waals surface area (Å²) in [5.74, 6) is 0.400. The molecule has 2 heteroatoms. The number of hydrogen-bond acceptors (Lipinski definition) is 1. The maximum absolute atomic E-state index is 6.32. The van der Waals surface area contributed by atoms with Gasteiger partial charge in [-0.05, 0) is 60.6 Å². The first-order valence-electron chi connectivity index (χ1n) is 6.25. The standard InChI is InChI=1S/C15H27NS/c1-7-15(3,16)12(2)13-8-10-14(11-9-13)17(4,5)6/h8-12H,7,16H2,1-6H3. The Kier molecular flexibility index (Phi) is 4.32. The van der Waals surface area contributed by atoms with Crippen molar-refractivity contribution in [2.75, 3.05) is 18.8 Å². The van der Waals surface area contributed by atoms with E-state index in [0.29, 0.717) is 5.92 Å². The zero-order valence-electron chi connectivity index (χ0n) is 12.1. The van der Waals surface area contributed by atoms with E-state index < -0.39 is 10.0 Å². The molecule has 0 saturated carbocycles. The first-order chi connectivity index (χ1) is 7.68. The molecule has 17 heavy (non-hydrogen) atoms. The van der Waals surface area contributed by atoms with Gasteiger partial charge in [-0.3, -0.25) is 0 Å². The van der Waals surface area contributed by atoms with E-state index in [1.165, 1.54) is 10.5 Å². The van der Waals surface area contributed by atoms with Gasteiger partial charge in [-0.25, -0.2) is 10.0 Å². The summed E-state index contributed by atoms with van der Waals surface area (Å²) in [5, 5.41) is 0. The fraction of sp³-hybridized carbons (Fsp3) is 0.600.